The number of carbonyl (C=O) groups is 1. The van der Waals surface area contributed by atoms with E-state index in [1.54, 1.807) is 0 Å². The lowest BCUT2D eigenvalue weighted by Gasteiger charge is -1.96. The highest BCUT2D eigenvalue weighted by Crippen LogP contribution is 2.17. The van der Waals surface area contributed by atoms with Gasteiger partial charge in [-0.3, -0.25) is 4.79 Å². The molecule has 0 spiro atoms. The summed E-state index contributed by atoms with van der Waals surface area (Å²) in [7, 11) is 0. The van der Waals surface area contributed by atoms with E-state index in [-0.39, 0.29) is 5.91 Å². The molecule has 0 saturated carbocycles. The van der Waals surface area contributed by atoms with Crippen molar-refractivity contribution in [2.45, 2.75) is 6.54 Å². The summed E-state index contributed by atoms with van der Waals surface area (Å²) in [6, 6.07) is 9.59. The largest absolute Gasteiger partial charge is 0.444 e. The number of aromatic nitrogens is 1. The molecule has 2 aromatic rings. The van der Waals surface area contributed by atoms with Gasteiger partial charge in [0.2, 0.25) is 11.8 Å². The Morgan fingerprint density at radius 3 is 2.88 bits per heavy atom. The van der Waals surface area contributed by atoms with Crippen LogP contribution in [-0.2, 0) is 11.3 Å². The second kappa shape index (κ2) is 5.12. The van der Waals surface area contributed by atoms with Gasteiger partial charge in [0, 0.05) is 5.56 Å². The molecule has 0 saturated heterocycles. The van der Waals surface area contributed by atoms with Crippen LogP contribution in [0.4, 0.5) is 0 Å². The molecular weight excluding hydrogens is 216 g/mol. The third-order valence-corrected chi connectivity index (χ3v) is 2.20. The zero-order chi connectivity index (χ0) is 12.1. The minimum Gasteiger partial charge on any atom is -0.444 e. The van der Waals surface area contributed by atoms with E-state index in [1.807, 2.05) is 30.3 Å². The Bertz CT molecular complexity index is 517. The Hall–Kier alpha value is -2.36. The molecule has 17 heavy (non-hydrogen) atoms. The monoisotopic (exact) mass is 228 g/mol. The van der Waals surface area contributed by atoms with E-state index >= 15 is 0 Å². The van der Waals surface area contributed by atoms with Crippen molar-refractivity contribution in [1.82, 2.24) is 10.3 Å². The number of rotatable bonds is 4. The first kappa shape index (κ1) is 11.1. The van der Waals surface area contributed by atoms with Gasteiger partial charge in [0.25, 0.3) is 0 Å². The van der Waals surface area contributed by atoms with Crippen LogP contribution in [-0.4, -0.2) is 10.9 Å². The molecule has 0 bridgehead atoms. The smallest absolute Gasteiger partial charge is 0.243 e. The lowest BCUT2D eigenvalue weighted by atomic mass is 10.2. The summed E-state index contributed by atoms with van der Waals surface area (Å²) in [5.41, 5.74) is 1.59. The van der Waals surface area contributed by atoms with E-state index in [2.05, 4.69) is 16.9 Å². The first-order chi connectivity index (χ1) is 8.29. The predicted molar refractivity (Wildman–Crippen MR) is 64.0 cm³/mol. The fraction of sp³-hybridized carbons (Fsp3) is 0.0769. The van der Waals surface area contributed by atoms with Crippen LogP contribution in [0, 0.1) is 0 Å². The number of hydrogen-bond acceptors (Lipinski definition) is 3. The van der Waals surface area contributed by atoms with Gasteiger partial charge in [0.05, 0.1) is 12.2 Å². The number of oxazole rings is 1. The fourth-order valence-electron chi connectivity index (χ4n) is 1.35. The summed E-state index contributed by atoms with van der Waals surface area (Å²) in [4.78, 5) is 15.2. The lowest BCUT2D eigenvalue weighted by Crippen LogP contribution is -2.20. The standard InChI is InChI=1S/C13H12N2O2/c1-2-12(16)14-8-11-9-17-13(15-11)10-6-4-3-5-7-10/h2-7,9H,1,8H2,(H,14,16). The Labute approximate surface area is 99.0 Å². The topological polar surface area (TPSA) is 55.1 Å². The summed E-state index contributed by atoms with van der Waals surface area (Å²) < 4.78 is 5.33. The molecule has 4 nitrogen and oxygen atoms in total. The van der Waals surface area contributed by atoms with E-state index in [0.717, 1.165) is 5.56 Å². The third kappa shape index (κ3) is 2.81. The molecule has 0 aliphatic rings. The Morgan fingerprint density at radius 2 is 2.18 bits per heavy atom. The van der Waals surface area contributed by atoms with Crippen LogP contribution in [0.2, 0.25) is 0 Å². The van der Waals surface area contributed by atoms with E-state index in [1.165, 1.54) is 12.3 Å². The maximum atomic E-state index is 11.0. The van der Waals surface area contributed by atoms with Crippen LogP contribution in [0.1, 0.15) is 5.69 Å². The van der Waals surface area contributed by atoms with Crippen LogP contribution in [0.3, 0.4) is 0 Å². The van der Waals surface area contributed by atoms with Crippen molar-refractivity contribution in [1.29, 1.82) is 0 Å². The van der Waals surface area contributed by atoms with Gasteiger partial charge >= 0.3 is 0 Å². The van der Waals surface area contributed by atoms with Crippen LogP contribution < -0.4 is 5.32 Å². The van der Waals surface area contributed by atoms with Gasteiger partial charge in [-0.05, 0) is 18.2 Å². The molecule has 0 fully saturated rings. The van der Waals surface area contributed by atoms with Crippen molar-refractivity contribution in [2.24, 2.45) is 0 Å². The SMILES string of the molecule is C=CC(=O)NCc1coc(-c2ccccc2)n1. The minimum absolute atomic E-state index is 0.228. The zero-order valence-corrected chi connectivity index (χ0v) is 9.22. The normalized spacial score (nSPS) is 9.88. The highest BCUT2D eigenvalue weighted by molar-refractivity contribution is 5.86. The van der Waals surface area contributed by atoms with E-state index in [9.17, 15) is 4.79 Å². The number of benzene rings is 1. The van der Waals surface area contributed by atoms with Crippen LogP contribution >= 0.6 is 0 Å². The molecule has 2 rings (SSSR count). The summed E-state index contributed by atoms with van der Waals surface area (Å²) in [6.45, 7) is 3.70. The molecule has 86 valence electrons. The van der Waals surface area contributed by atoms with Gasteiger partial charge in [-0.2, -0.15) is 0 Å². The number of hydrogen-bond donors (Lipinski definition) is 1. The quantitative estimate of drug-likeness (QED) is 0.816. The van der Waals surface area contributed by atoms with Crippen molar-refractivity contribution < 1.29 is 9.21 Å². The summed E-state index contributed by atoms with van der Waals surface area (Å²) >= 11 is 0. The van der Waals surface area contributed by atoms with Crippen molar-refractivity contribution >= 4 is 5.91 Å². The van der Waals surface area contributed by atoms with Gasteiger partial charge in [-0.15, -0.1) is 0 Å². The van der Waals surface area contributed by atoms with Crippen LogP contribution in [0.5, 0.6) is 0 Å². The Balaban J connectivity index is 2.06. The van der Waals surface area contributed by atoms with Gasteiger partial charge in [0.15, 0.2) is 0 Å². The van der Waals surface area contributed by atoms with Gasteiger partial charge in [-0.1, -0.05) is 24.8 Å². The van der Waals surface area contributed by atoms with E-state index < -0.39 is 0 Å². The molecule has 0 aliphatic carbocycles. The lowest BCUT2D eigenvalue weighted by molar-refractivity contribution is -0.116. The number of nitrogens with zero attached hydrogens (tertiary/aromatic N) is 1. The molecule has 1 aromatic carbocycles. The summed E-state index contributed by atoms with van der Waals surface area (Å²) in [5, 5.41) is 2.63. The second-order valence-corrected chi connectivity index (χ2v) is 3.43. The van der Waals surface area contributed by atoms with Crippen molar-refractivity contribution in [3.8, 4) is 11.5 Å². The number of nitrogens with one attached hydrogen (secondary N) is 1. The Morgan fingerprint density at radius 1 is 1.41 bits per heavy atom. The van der Waals surface area contributed by atoms with Crippen molar-refractivity contribution in [3.05, 3.63) is 54.9 Å². The highest BCUT2D eigenvalue weighted by atomic mass is 16.3. The number of amides is 1. The molecule has 1 aromatic heterocycles. The van der Waals surface area contributed by atoms with Gasteiger partial charge < -0.3 is 9.73 Å². The summed E-state index contributed by atoms with van der Waals surface area (Å²) in [6.07, 6.45) is 2.75. The third-order valence-electron chi connectivity index (χ3n) is 2.20. The van der Waals surface area contributed by atoms with Crippen molar-refractivity contribution in [2.75, 3.05) is 0 Å². The van der Waals surface area contributed by atoms with Crippen LogP contribution in [0.25, 0.3) is 11.5 Å². The number of carbonyl (C=O) groups excluding carboxylic acids is 1. The maximum Gasteiger partial charge on any atom is 0.243 e. The zero-order valence-electron chi connectivity index (χ0n) is 9.22. The average molecular weight is 228 g/mol. The first-order valence-corrected chi connectivity index (χ1v) is 5.19. The first-order valence-electron chi connectivity index (χ1n) is 5.19. The van der Waals surface area contributed by atoms with Gasteiger partial charge in [0.1, 0.15) is 6.26 Å². The fourth-order valence-corrected chi connectivity index (χ4v) is 1.35. The molecule has 0 unspecified atom stereocenters. The minimum atomic E-state index is -0.228. The molecule has 1 heterocycles. The average Bonchev–Trinajstić information content (AvgIpc) is 2.86. The molecule has 4 heteroatoms. The van der Waals surface area contributed by atoms with Crippen molar-refractivity contribution in [3.63, 3.8) is 0 Å². The van der Waals surface area contributed by atoms with E-state index in [0.29, 0.717) is 18.1 Å². The molecule has 1 amide bonds. The molecule has 0 atom stereocenters. The molecule has 0 radical (unpaired) electrons. The molecule has 0 aliphatic heterocycles. The molecule has 1 N–H and O–H groups in total. The summed E-state index contributed by atoms with van der Waals surface area (Å²) in [5.74, 6) is 0.322. The maximum absolute atomic E-state index is 11.0. The Kier molecular flexibility index (Phi) is 3.35. The highest BCUT2D eigenvalue weighted by Gasteiger charge is 2.06. The molecular formula is C13H12N2O2. The second-order valence-electron chi connectivity index (χ2n) is 3.43. The predicted octanol–water partition coefficient (Wildman–Crippen LogP) is 2.14. The van der Waals surface area contributed by atoms with E-state index in [4.69, 9.17) is 4.42 Å². The van der Waals surface area contributed by atoms with Crippen LogP contribution in [0.15, 0.2) is 53.7 Å². The van der Waals surface area contributed by atoms with Gasteiger partial charge in [-0.25, -0.2) is 4.98 Å².